The maximum Gasteiger partial charge on any atom is 0.317 e. The van der Waals surface area contributed by atoms with Crippen molar-refractivity contribution in [2.75, 3.05) is 33.7 Å². The molecular weight excluding hydrogens is 270 g/mol. The van der Waals surface area contributed by atoms with Gasteiger partial charge in [0.2, 0.25) is 0 Å². The molecule has 2 amide bonds. The second kappa shape index (κ2) is 6.64. The minimum Gasteiger partial charge on any atom is -0.481 e. The Hall–Kier alpha value is -1.30. The van der Waals surface area contributed by atoms with E-state index >= 15 is 0 Å². The Labute approximate surface area is 126 Å². The minimum absolute atomic E-state index is 0.0375. The van der Waals surface area contributed by atoms with E-state index in [1.54, 1.807) is 0 Å². The molecule has 21 heavy (non-hydrogen) atoms. The number of nitrogens with one attached hydrogen (secondary N) is 1. The first-order valence-corrected chi connectivity index (χ1v) is 7.84. The van der Waals surface area contributed by atoms with Gasteiger partial charge in [0.15, 0.2) is 0 Å². The summed E-state index contributed by atoms with van der Waals surface area (Å²) in [6, 6.07) is -0.0840. The number of aliphatic carboxylic acids is 1. The van der Waals surface area contributed by atoms with Crippen LogP contribution in [0.1, 0.15) is 38.5 Å². The van der Waals surface area contributed by atoms with Gasteiger partial charge in [-0.1, -0.05) is 0 Å². The fourth-order valence-electron chi connectivity index (χ4n) is 3.38. The van der Waals surface area contributed by atoms with Crippen LogP contribution in [0.5, 0.6) is 0 Å². The third-order valence-corrected chi connectivity index (χ3v) is 4.70. The van der Waals surface area contributed by atoms with E-state index < -0.39 is 11.5 Å². The van der Waals surface area contributed by atoms with E-state index in [0.717, 1.165) is 51.7 Å². The molecular formula is C15H27N3O3. The first-order chi connectivity index (χ1) is 9.90. The maximum atomic E-state index is 12.3. The van der Waals surface area contributed by atoms with Crippen LogP contribution in [0.4, 0.5) is 4.79 Å². The van der Waals surface area contributed by atoms with Gasteiger partial charge in [-0.25, -0.2) is 4.79 Å². The number of nitrogens with zero attached hydrogens (tertiary/aromatic N) is 2. The van der Waals surface area contributed by atoms with Crippen molar-refractivity contribution in [2.45, 2.75) is 44.1 Å². The Morgan fingerprint density at radius 1 is 1.29 bits per heavy atom. The van der Waals surface area contributed by atoms with Crippen LogP contribution < -0.4 is 5.32 Å². The van der Waals surface area contributed by atoms with Gasteiger partial charge in [-0.15, -0.1) is 0 Å². The number of hydrogen-bond donors (Lipinski definition) is 2. The molecule has 2 rings (SSSR count). The van der Waals surface area contributed by atoms with Crippen LogP contribution in [0.2, 0.25) is 0 Å². The summed E-state index contributed by atoms with van der Waals surface area (Å²) in [5, 5.41) is 12.0. The topological polar surface area (TPSA) is 72.9 Å². The Morgan fingerprint density at radius 2 is 1.90 bits per heavy atom. The highest BCUT2D eigenvalue weighted by Crippen LogP contribution is 2.35. The first-order valence-electron chi connectivity index (χ1n) is 7.84. The van der Waals surface area contributed by atoms with Crippen LogP contribution in [0.3, 0.4) is 0 Å². The smallest absolute Gasteiger partial charge is 0.317 e. The second-order valence-corrected chi connectivity index (χ2v) is 6.83. The van der Waals surface area contributed by atoms with Gasteiger partial charge in [0.25, 0.3) is 0 Å². The average molecular weight is 297 g/mol. The van der Waals surface area contributed by atoms with Gasteiger partial charge in [-0.3, -0.25) is 4.79 Å². The fraction of sp³-hybridized carbons (Fsp3) is 0.867. The summed E-state index contributed by atoms with van der Waals surface area (Å²) in [6.45, 7) is 2.61. The Balaban J connectivity index is 1.80. The molecule has 0 spiro atoms. The summed E-state index contributed by atoms with van der Waals surface area (Å²) >= 11 is 0. The van der Waals surface area contributed by atoms with Crippen LogP contribution in [0.15, 0.2) is 0 Å². The largest absolute Gasteiger partial charge is 0.481 e. The molecule has 1 aliphatic heterocycles. The highest BCUT2D eigenvalue weighted by Gasteiger charge is 2.41. The quantitative estimate of drug-likeness (QED) is 0.804. The summed E-state index contributed by atoms with van der Waals surface area (Å²) in [5.41, 5.74) is -0.497. The van der Waals surface area contributed by atoms with E-state index in [4.69, 9.17) is 5.11 Å². The van der Waals surface area contributed by atoms with E-state index in [1.807, 2.05) is 4.90 Å². The van der Waals surface area contributed by atoms with Crippen LogP contribution >= 0.6 is 0 Å². The molecule has 6 heteroatoms. The van der Waals surface area contributed by atoms with Gasteiger partial charge in [0.05, 0.1) is 12.0 Å². The summed E-state index contributed by atoms with van der Waals surface area (Å²) in [4.78, 5) is 27.3. The third-order valence-electron chi connectivity index (χ3n) is 4.70. The summed E-state index contributed by atoms with van der Waals surface area (Å²) in [6.07, 6.45) is 4.65. The number of carboxylic acid groups (broad SMARTS) is 1. The van der Waals surface area contributed by atoms with Crippen molar-refractivity contribution in [3.05, 3.63) is 0 Å². The number of rotatable bonds is 5. The Kier molecular flexibility index (Phi) is 5.08. The van der Waals surface area contributed by atoms with Crippen LogP contribution in [0, 0.1) is 5.92 Å². The highest BCUT2D eigenvalue weighted by atomic mass is 16.4. The molecule has 0 unspecified atom stereocenters. The van der Waals surface area contributed by atoms with Crippen molar-refractivity contribution in [2.24, 2.45) is 5.92 Å². The molecule has 0 radical (unpaired) electrons. The SMILES string of the molecule is CN(C)CC1CCN(C(=O)NC2(CC(=O)O)CCC2)CC1. The average Bonchev–Trinajstić information content (AvgIpc) is 2.35. The lowest BCUT2D eigenvalue weighted by atomic mass is 9.74. The molecule has 0 aromatic rings. The van der Waals surface area contributed by atoms with Gasteiger partial charge in [-0.05, 0) is 52.1 Å². The molecule has 0 atom stereocenters. The fourth-order valence-corrected chi connectivity index (χ4v) is 3.38. The van der Waals surface area contributed by atoms with Gasteiger partial charge in [0, 0.05) is 19.6 Å². The molecule has 1 saturated heterocycles. The summed E-state index contributed by atoms with van der Waals surface area (Å²) in [5.74, 6) is -0.180. The monoisotopic (exact) mass is 297 g/mol. The van der Waals surface area contributed by atoms with Crippen molar-refractivity contribution in [3.63, 3.8) is 0 Å². The molecule has 0 bridgehead atoms. The Morgan fingerprint density at radius 3 is 2.33 bits per heavy atom. The molecule has 1 aliphatic carbocycles. The lowest BCUT2D eigenvalue weighted by molar-refractivity contribution is -0.139. The van der Waals surface area contributed by atoms with Crippen molar-refractivity contribution in [1.82, 2.24) is 15.1 Å². The van der Waals surface area contributed by atoms with Crippen molar-refractivity contribution < 1.29 is 14.7 Å². The standard InChI is InChI=1S/C15H27N3O3/c1-17(2)11-12-4-8-18(9-5-12)14(21)16-15(6-3-7-15)10-13(19)20/h12H,3-11H2,1-2H3,(H,16,21)(H,19,20). The number of carbonyl (C=O) groups is 2. The zero-order chi connectivity index (χ0) is 15.5. The van der Waals surface area contributed by atoms with Crippen LogP contribution in [-0.2, 0) is 4.79 Å². The third kappa shape index (κ3) is 4.33. The molecule has 2 aliphatic rings. The molecule has 2 fully saturated rings. The molecule has 0 aromatic carbocycles. The van der Waals surface area contributed by atoms with E-state index in [1.165, 1.54) is 0 Å². The zero-order valence-corrected chi connectivity index (χ0v) is 13.1. The van der Waals surface area contributed by atoms with E-state index in [9.17, 15) is 9.59 Å². The predicted molar refractivity (Wildman–Crippen MR) is 80.2 cm³/mol. The van der Waals surface area contributed by atoms with Gasteiger partial charge >= 0.3 is 12.0 Å². The maximum absolute atomic E-state index is 12.3. The highest BCUT2D eigenvalue weighted by molar-refractivity contribution is 5.77. The zero-order valence-electron chi connectivity index (χ0n) is 13.1. The van der Waals surface area contributed by atoms with Gasteiger partial charge in [0.1, 0.15) is 0 Å². The Bertz CT molecular complexity index is 386. The number of carbonyl (C=O) groups excluding carboxylic acids is 1. The van der Waals surface area contributed by atoms with Crippen LogP contribution in [-0.4, -0.2) is 66.2 Å². The molecule has 6 nitrogen and oxygen atoms in total. The van der Waals surface area contributed by atoms with E-state index in [2.05, 4.69) is 24.3 Å². The molecule has 2 N–H and O–H groups in total. The predicted octanol–water partition coefficient (Wildman–Crippen LogP) is 1.37. The van der Waals surface area contributed by atoms with E-state index in [0.29, 0.717) is 5.92 Å². The number of amides is 2. The number of likely N-dealkylation sites (tertiary alicyclic amines) is 1. The molecule has 120 valence electrons. The minimum atomic E-state index is -0.834. The van der Waals surface area contributed by atoms with Crippen molar-refractivity contribution in [1.29, 1.82) is 0 Å². The molecule has 1 heterocycles. The number of carboxylic acids is 1. The summed E-state index contributed by atoms with van der Waals surface area (Å²) < 4.78 is 0. The van der Waals surface area contributed by atoms with Crippen LogP contribution in [0.25, 0.3) is 0 Å². The van der Waals surface area contributed by atoms with E-state index in [-0.39, 0.29) is 12.5 Å². The number of hydrogen-bond acceptors (Lipinski definition) is 3. The normalized spacial score (nSPS) is 22.0. The van der Waals surface area contributed by atoms with Crippen molar-refractivity contribution in [3.8, 4) is 0 Å². The second-order valence-electron chi connectivity index (χ2n) is 6.83. The molecule has 0 aromatic heterocycles. The van der Waals surface area contributed by atoms with Gasteiger partial charge < -0.3 is 20.2 Å². The van der Waals surface area contributed by atoms with Crippen molar-refractivity contribution >= 4 is 12.0 Å². The number of piperidine rings is 1. The van der Waals surface area contributed by atoms with Gasteiger partial charge in [-0.2, -0.15) is 0 Å². The first kappa shape index (κ1) is 16.1. The lowest BCUT2D eigenvalue weighted by Gasteiger charge is -2.43. The molecule has 1 saturated carbocycles. The lowest BCUT2D eigenvalue weighted by Crippen LogP contribution is -2.59. The summed E-state index contributed by atoms with van der Waals surface area (Å²) in [7, 11) is 4.15. The number of urea groups is 1.